The molecular weight excluding hydrogens is 386 g/mol. The normalized spacial score (nSPS) is 14.6. The number of benzene rings is 3. The molecule has 4 rings (SSSR count). The highest BCUT2D eigenvalue weighted by Gasteiger charge is 2.31. The molecule has 3 aromatic carbocycles. The summed E-state index contributed by atoms with van der Waals surface area (Å²) in [6, 6.07) is 19.0. The van der Waals surface area contributed by atoms with Crippen LogP contribution < -0.4 is 10.1 Å². The number of hydrogen-bond acceptors (Lipinski definition) is 4. The maximum atomic E-state index is 11.9. The number of hydrogen-bond donors (Lipinski definition) is 1. The van der Waals surface area contributed by atoms with Gasteiger partial charge in [-0.05, 0) is 59.7 Å². The number of anilines is 1. The standard InChI is InChI=1S/C27H29NO3/c1-5-21-19(10-7-11-23(21)26-17(2)8-6-9-18(26)3)15-28-20-12-13-22-24(27(29)30-4)16-31-25(22)14-20/h6-14,24,28H,5,15-16H2,1-4H3. The maximum absolute atomic E-state index is 11.9. The fourth-order valence-electron chi connectivity index (χ4n) is 4.55. The quantitative estimate of drug-likeness (QED) is 0.517. The zero-order valence-corrected chi connectivity index (χ0v) is 18.6. The van der Waals surface area contributed by atoms with E-state index >= 15 is 0 Å². The van der Waals surface area contributed by atoms with Gasteiger partial charge in [0.05, 0.1) is 7.11 Å². The van der Waals surface area contributed by atoms with Crippen LogP contribution in [0.3, 0.4) is 0 Å². The van der Waals surface area contributed by atoms with Crippen LogP contribution in [0.15, 0.2) is 54.6 Å². The lowest BCUT2D eigenvalue weighted by Crippen LogP contribution is -2.15. The van der Waals surface area contributed by atoms with E-state index < -0.39 is 0 Å². The molecule has 1 heterocycles. The molecule has 0 amide bonds. The zero-order valence-electron chi connectivity index (χ0n) is 18.6. The number of carbonyl (C=O) groups excluding carboxylic acids is 1. The van der Waals surface area contributed by atoms with Crippen molar-refractivity contribution in [2.24, 2.45) is 0 Å². The Balaban J connectivity index is 1.58. The number of carbonyl (C=O) groups is 1. The van der Waals surface area contributed by atoms with Crippen molar-refractivity contribution in [3.05, 3.63) is 82.4 Å². The Kier molecular flexibility index (Phi) is 5.99. The first-order chi connectivity index (χ1) is 15.0. The van der Waals surface area contributed by atoms with Crippen molar-refractivity contribution in [2.75, 3.05) is 19.0 Å². The van der Waals surface area contributed by atoms with Crippen molar-refractivity contribution < 1.29 is 14.3 Å². The summed E-state index contributed by atoms with van der Waals surface area (Å²) in [5.41, 5.74) is 9.78. The van der Waals surface area contributed by atoms with Gasteiger partial charge in [-0.1, -0.05) is 49.4 Å². The van der Waals surface area contributed by atoms with Gasteiger partial charge in [0, 0.05) is 23.9 Å². The van der Waals surface area contributed by atoms with E-state index in [0.717, 1.165) is 30.0 Å². The largest absolute Gasteiger partial charge is 0.492 e. The van der Waals surface area contributed by atoms with Crippen molar-refractivity contribution in [3.63, 3.8) is 0 Å². The molecular formula is C27H29NO3. The van der Waals surface area contributed by atoms with Crippen molar-refractivity contribution in [1.82, 2.24) is 0 Å². The summed E-state index contributed by atoms with van der Waals surface area (Å²) in [5.74, 6) is 0.158. The Morgan fingerprint density at radius 2 is 1.84 bits per heavy atom. The van der Waals surface area contributed by atoms with Crippen LogP contribution in [0.1, 0.15) is 40.7 Å². The second kappa shape index (κ2) is 8.84. The summed E-state index contributed by atoms with van der Waals surface area (Å²) >= 11 is 0. The summed E-state index contributed by atoms with van der Waals surface area (Å²) < 4.78 is 10.6. The minimum atomic E-state index is -0.338. The van der Waals surface area contributed by atoms with Gasteiger partial charge < -0.3 is 14.8 Å². The molecule has 0 saturated carbocycles. The summed E-state index contributed by atoms with van der Waals surface area (Å²) in [6.45, 7) is 7.63. The number of aryl methyl sites for hydroxylation is 2. The SMILES string of the molecule is CCc1c(CNc2ccc3c(c2)OCC3C(=O)OC)cccc1-c1c(C)cccc1C. The van der Waals surface area contributed by atoms with E-state index in [-0.39, 0.29) is 11.9 Å². The highest BCUT2D eigenvalue weighted by atomic mass is 16.5. The smallest absolute Gasteiger partial charge is 0.316 e. The number of methoxy groups -OCH3 is 1. The van der Waals surface area contributed by atoms with E-state index in [1.807, 2.05) is 18.2 Å². The molecule has 0 spiro atoms. The van der Waals surface area contributed by atoms with E-state index in [1.165, 1.54) is 40.5 Å². The van der Waals surface area contributed by atoms with Crippen LogP contribution >= 0.6 is 0 Å². The average Bonchev–Trinajstić information content (AvgIpc) is 3.20. The summed E-state index contributed by atoms with van der Waals surface area (Å²) in [6.07, 6.45) is 0.967. The molecule has 0 saturated heterocycles. The number of nitrogens with one attached hydrogen (secondary N) is 1. The summed E-state index contributed by atoms with van der Waals surface area (Å²) in [7, 11) is 1.41. The van der Waals surface area contributed by atoms with Gasteiger partial charge >= 0.3 is 5.97 Å². The first-order valence-corrected chi connectivity index (χ1v) is 10.8. The topological polar surface area (TPSA) is 47.6 Å². The van der Waals surface area contributed by atoms with Crippen LogP contribution in [0.25, 0.3) is 11.1 Å². The van der Waals surface area contributed by atoms with E-state index in [4.69, 9.17) is 9.47 Å². The van der Waals surface area contributed by atoms with Crippen LogP contribution in [0.4, 0.5) is 5.69 Å². The first kappa shape index (κ1) is 21.0. The Hall–Kier alpha value is -3.27. The van der Waals surface area contributed by atoms with Gasteiger partial charge in [-0.25, -0.2) is 0 Å². The van der Waals surface area contributed by atoms with Gasteiger partial charge in [0.15, 0.2) is 0 Å². The van der Waals surface area contributed by atoms with Gasteiger partial charge in [-0.2, -0.15) is 0 Å². The molecule has 0 aromatic heterocycles. The maximum Gasteiger partial charge on any atom is 0.316 e. The molecule has 4 nitrogen and oxygen atoms in total. The molecule has 31 heavy (non-hydrogen) atoms. The number of ether oxygens (including phenoxy) is 2. The molecule has 0 fully saturated rings. The van der Waals surface area contributed by atoms with Crippen LogP contribution in [0.5, 0.6) is 5.75 Å². The third kappa shape index (κ3) is 4.02. The van der Waals surface area contributed by atoms with Gasteiger partial charge in [-0.3, -0.25) is 4.79 Å². The third-order valence-electron chi connectivity index (χ3n) is 6.14. The molecule has 1 aliphatic heterocycles. The highest BCUT2D eigenvalue weighted by molar-refractivity contribution is 5.81. The highest BCUT2D eigenvalue weighted by Crippen LogP contribution is 2.37. The minimum absolute atomic E-state index is 0.254. The van der Waals surface area contributed by atoms with Gasteiger partial charge in [0.1, 0.15) is 18.3 Å². The zero-order chi connectivity index (χ0) is 22.0. The fraction of sp³-hybridized carbons (Fsp3) is 0.296. The third-order valence-corrected chi connectivity index (χ3v) is 6.14. The van der Waals surface area contributed by atoms with Crippen LogP contribution in [0, 0.1) is 13.8 Å². The van der Waals surface area contributed by atoms with Gasteiger partial charge in [0.2, 0.25) is 0 Å². The van der Waals surface area contributed by atoms with E-state index in [2.05, 4.69) is 62.5 Å². The predicted octanol–water partition coefficient (Wildman–Crippen LogP) is 5.79. The second-order valence-corrected chi connectivity index (χ2v) is 8.06. The van der Waals surface area contributed by atoms with Gasteiger partial charge in [-0.15, -0.1) is 0 Å². The van der Waals surface area contributed by atoms with Crippen LogP contribution in [-0.2, 0) is 22.5 Å². The molecule has 1 aliphatic rings. The lowest BCUT2D eigenvalue weighted by molar-refractivity contribution is -0.142. The fourth-order valence-corrected chi connectivity index (χ4v) is 4.55. The Bertz CT molecular complexity index is 1100. The van der Waals surface area contributed by atoms with Crippen LogP contribution in [0.2, 0.25) is 0 Å². The Morgan fingerprint density at radius 1 is 1.10 bits per heavy atom. The lowest BCUT2D eigenvalue weighted by Gasteiger charge is -2.18. The summed E-state index contributed by atoms with van der Waals surface area (Å²) in [5, 5.41) is 3.54. The van der Waals surface area contributed by atoms with Crippen LogP contribution in [-0.4, -0.2) is 19.7 Å². The molecule has 0 bridgehead atoms. The lowest BCUT2D eigenvalue weighted by atomic mass is 9.89. The molecule has 160 valence electrons. The predicted molar refractivity (Wildman–Crippen MR) is 125 cm³/mol. The van der Waals surface area contributed by atoms with Crippen molar-refractivity contribution in [3.8, 4) is 16.9 Å². The first-order valence-electron chi connectivity index (χ1n) is 10.8. The molecule has 1 atom stereocenters. The molecule has 1 N–H and O–H groups in total. The molecule has 3 aromatic rings. The summed E-state index contributed by atoms with van der Waals surface area (Å²) in [4.78, 5) is 11.9. The molecule has 4 heteroatoms. The monoisotopic (exact) mass is 415 g/mol. The Morgan fingerprint density at radius 3 is 2.55 bits per heavy atom. The molecule has 0 aliphatic carbocycles. The Labute approximate surface area is 184 Å². The number of rotatable bonds is 6. The van der Waals surface area contributed by atoms with Crippen molar-refractivity contribution >= 4 is 11.7 Å². The number of fused-ring (bicyclic) bond motifs is 1. The second-order valence-electron chi connectivity index (χ2n) is 8.06. The van der Waals surface area contributed by atoms with Gasteiger partial charge in [0.25, 0.3) is 0 Å². The van der Waals surface area contributed by atoms with E-state index in [9.17, 15) is 4.79 Å². The minimum Gasteiger partial charge on any atom is -0.492 e. The van der Waals surface area contributed by atoms with Crippen molar-refractivity contribution in [2.45, 2.75) is 39.7 Å². The van der Waals surface area contributed by atoms with E-state index in [1.54, 1.807) is 0 Å². The molecule has 0 radical (unpaired) electrons. The van der Waals surface area contributed by atoms with E-state index in [0.29, 0.717) is 6.61 Å². The average molecular weight is 416 g/mol. The molecule has 1 unspecified atom stereocenters. The van der Waals surface area contributed by atoms with Crippen molar-refractivity contribution in [1.29, 1.82) is 0 Å². The number of esters is 1.